The van der Waals surface area contributed by atoms with Gasteiger partial charge in [0.2, 0.25) is 5.91 Å². The van der Waals surface area contributed by atoms with E-state index in [0.717, 1.165) is 24.0 Å². The molecule has 144 valence electrons. The van der Waals surface area contributed by atoms with Crippen molar-refractivity contribution in [1.29, 1.82) is 0 Å². The number of halogens is 1. The minimum absolute atomic E-state index is 0.0254. The summed E-state index contributed by atoms with van der Waals surface area (Å²) >= 11 is 5.93. The Morgan fingerprint density at radius 1 is 1.04 bits per heavy atom. The van der Waals surface area contributed by atoms with E-state index in [9.17, 15) is 13.2 Å². The molecule has 0 aromatic heterocycles. The zero-order valence-corrected chi connectivity index (χ0v) is 16.7. The molecule has 0 saturated heterocycles. The van der Waals surface area contributed by atoms with Gasteiger partial charge in [-0.15, -0.1) is 0 Å². The quantitative estimate of drug-likeness (QED) is 0.694. The first-order valence-corrected chi connectivity index (χ1v) is 11.4. The molecule has 1 aliphatic rings. The van der Waals surface area contributed by atoms with Crippen LogP contribution in [0.1, 0.15) is 30.4 Å². The summed E-state index contributed by atoms with van der Waals surface area (Å²) in [6.07, 6.45) is 3.19. The molecule has 1 fully saturated rings. The lowest BCUT2D eigenvalue weighted by Gasteiger charge is -2.17. The van der Waals surface area contributed by atoms with E-state index in [2.05, 4.69) is 5.32 Å². The number of nitrogens with one attached hydrogen (secondary N) is 1. The summed E-state index contributed by atoms with van der Waals surface area (Å²) in [6.45, 7) is 0.465. The van der Waals surface area contributed by atoms with Crippen LogP contribution >= 0.6 is 11.6 Å². The molecular weight excluding hydrogens is 382 g/mol. The van der Waals surface area contributed by atoms with Crippen LogP contribution in [0.25, 0.3) is 0 Å². The molecule has 1 aliphatic carbocycles. The lowest BCUT2D eigenvalue weighted by atomic mass is 9.96. The van der Waals surface area contributed by atoms with Crippen molar-refractivity contribution in [2.75, 3.05) is 18.1 Å². The summed E-state index contributed by atoms with van der Waals surface area (Å²) in [5.74, 6) is -0.842. The molecule has 4 nitrogen and oxygen atoms in total. The molecule has 1 N–H and O–H groups in total. The molecular formula is C21H24ClNO3S. The van der Waals surface area contributed by atoms with Gasteiger partial charge >= 0.3 is 0 Å². The highest BCUT2D eigenvalue weighted by Crippen LogP contribution is 2.47. The summed E-state index contributed by atoms with van der Waals surface area (Å²) < 4.78 is 24.4. The average molecular weight is 406 g/mol. The molecule has 6 heteroatoms. The van der Waals surface area contributed by atoms with Crippen molar-refractivity contribution in [1.82, 2.24) is 5.32 Å². The second-order valence-electron chi connectivity index (χ2n) is 7.25. The van der Waals surface area contributed by atoms with Gasteiger partial charge < -0.3 is 5.32 Å². The fourth-order valence-electron chi connectivity index (χ4n) is 3.25. The molecule has 2 aromatic carbocycles. The standard InChI is InChI=1S/C21H24ClNO3S/c22-19-10-8-18(9-11-19)21(12-13-21)16-23-20(24)15-27(25,26)14-4-7-17-5-2-1-3-6-17/h1-3,5-6,8-11H,4,7,12-16H2,(H,23,24). The Bertz CT molecular complexity index is 875. The lowest BCUT2D eigenvalue weighted by molar-refractivity contribution is -0.118. The van der Waals surface area contributed by atoms with Crippen molar-refractivity contribution in [2.45, 2.75) is 31.1 Å². The number of hydrogen-bond acceptors (Lipinski definition) is 3. The third-order valence-corrected chi connectivity index (χ3v) is 6.91. The highest BCUT2D eigenvalue weighted by Gasteiger charge is 2.44. The monoisotopic (exact) mass is 405 g/mol. The van der Waals surface area contributed by atoms with E-state index in [0.29, 0.717) is 24.4 Å². The fraction of sp³-hybridized carbons (Fsp3) is 0.381. The molecule has 0 spiro atoms. The van der Waals surface area contributed by atoms with Crippen LogP contribution in [0.2, 0.25) is 5.02 Å². The molecule has 3 rings (SSSR count). The van der Waals surface area contributed by atoms with Crippen molar-refractivity contribution in [3.8, 4) is 0 Å². The Balaban J connectivity index is 1.45. The number of rotatable bonds is 9. The normalized spacial score (nSPS) is 15.3. The Hall–Kier alpha value is -1.85. The van der Waals surface area contributed by atoms with Crippen LogP contribution in [0.15, 0.2) is 54.6 Å². The average Bonchev–Trinajstić information content (AvgIpc) is 3.42. The first-order chi connectivity index (χ1) is 12.9. The minimum atomic E-state index is -3.40. The number of carbonyl (C=O) groups is 1. The SMILES string of the molecule is O=C(CS(=O)(=O)CCCc1ccccc1)NCC1(c2ccc(Cl)cc2)CC1. The zero-order chi connectivity index (χ0) is 19.3. The van der Waals surface area contributed by atoms with Gasteiger partial charge in [-0.3, -0.25) is 4.79 Å². The second kappa shape index (κ2) is 8.44. The van der Waals surface area contributed by atoms with Gasteiger partial charge in [-0.05, 0) is 48.9 Å². The number of carbonyl (C=O) groups excluding carboxylic acids is 1. The first kappa shape index (κ1) is 19.9. The van der Waals surface area contributed by atoms with E-state index in [1.54, 1.807) is 0 Å². The number of amides is 1. The van der Waals surface area contributed by atoms with Gasteiger partial charge in [0.05, 0.1) is 5.75 Å². The summed E-state index contributed by atoms with van der Waals surface area (Å²) in [7, 11) is -3.40. The topological polar surface area (TPSA) is 63.2 Å². The molecule has 1 saturated carbocycles. The molecule has 0 aliphatic heterocycles. The van der Waals surface area contributed by atoms with Gasteiger partial charge in [0.15, 0.2) is 9.84 Å². The van der Waals surface area contributed by atoms with Crippen molar-refractivity contribution in [3.05, 3.63) is 70.7 Å². The molecule has 1 amide bonds. The minimum Gasteiger partial charge on any atom is -0.354 e. The predicted octanol–water partition coefficient (Wildman–Crippen LogP) is 3.54. The van der Waals surface area contributed by atoms with E-state index < -0.39 is 21.5 Å². The Morgan fingerprint density at radius 3 is 2.33 bits per heavy atom. The molecule has 0 heterocycles. The summed E-state index contributed by atoms with van der Waals surface area (Å²) in [5, 5.41) is 3.49. The Labute approximate surface area is 165 Å². The summed E-state index contributed by atoms with van der Waals surface area (Å²) in [5.41, 5.74) is 2.17. The number of aryl methyl sites for hydroxylation is 1. The van der Waals surface area contributed by atoms with Crippen molar-refractivity contribution in [2.24, 2.45) is 0 Å². The van der Waals surface area contributed by atoms with Crippen LogP contribution in [0.5, 0.6) is 0 Å². The largest absolute Gasteiger partial charge is 0.354 e. The maximum Gasteiger partial charge on any atom is 0.235 e. The molecule has 0 unspecified atom stereocenters. The Kier molecular flexibility index (Phi) is 6.22. The smallest absolute Gasteiger partial charge is 0.235 e. The van der Waals surface area contributed by atoms with Crippen molar-refractivity contribution < 1.29 is 13.2 Å². The molecule has 2 aromatic rings. The zero-order valence-electron chi connectivity index (χ0n) is 15.2. The molecule has 27 heavy (non-hydrogen) atoms. The maximum absolute atomic E-state index is 12.2. The number of sulfone groups is 1. The Morgan fingerprint density at radius 2 is 1.70 bits per heavy atom. The third-order valence-electron chi connectivity index (χ3n) is 5.05. The van der Waals surface area contributed by atoms with E-state index >= 15 is 0 Å². The highest BCUT2D eigenvalue weighted by atomic mass is 35.5. The van der Waals surface area contributed by atoms with Gasteiger partial charge in [0.1, 0.15) is 5.75 Å². The van der Waals surface area contributed by atoms with Crippen LogP contribution in [-0.4, -0.2) is 32.4 Å². The number of hydrogen-bond donors (Lipinski definition) is 1. The van der Waals surface area contributed by atoms with Crippen LogP contribution in [0.4, 0.5) is 0 Å². The van der Waals surface area contributed by atoms with Gasteiger partial charge in [0, 0.05) is 17.0 Å². The summed E-state index contributed by atoms with van der Waals surface area (Å²) in [4.78, 5) is 12.1. The van der Waals surface area contributed by atoms with Crippen LogP contribution in [0, 0.1) is 0 Å². The first-order valence-electron chi connectivity index (χ1n) is 9.16. The maximum atomic E-state index is 12.2. The summed E-state index contributed by atoms with van der Waals surface area (Å²) in [6, 6.07) is 17.4. The van der Waals surface area contributed by atoms with Crippen LogP contribution < -0.4 is 5.32 Å². The molecule has 0 bridgehead atoms. The van der Waals surface area contributed by atoms with Gasteiger partial charge in [0.25, 0.3) is 0 Å². The van der Waals surface area contributed by atoms with Gasteiger partial charge in [-0.1, -0.05) is 54.1 Å². The van der Waals surface area contributed by atoms with Gasteiger partial charge in [-0.2, -0.15) is 0 Å². The van der Waals surface area contributed by atoms with Crippen LogP contribution in [-0.2, 0) is 26.5 Å². The predicted molar refractivity (Wildman–Crippen MR) is 109 cm³/mol. The number of benzene rings is 2. The van der Waals surface area contributed by atoms with Crippen molar-refractivity contribution in [3.63, 3.8) is 0 Å². The van der Waals surface area contributed by atoms with Gasteiger partial charge in [-0.25, -0.2) is 8.42 Å². The van der Waals surface area contributed by atoms with E-state index in [-0.39, 0.29) is 11.2 Å². The van der Waals surface area contributed by atoms with Crippen LogP contribution in [0.3, 0.4) is 0 Å². The lowest BCUT2D eigenvalue weighted by Crippen LogP contribution is -2.36. The van der Waals surface area contributed by atoms with Crippen molar-refractivity contribution >= 4 is 27.3 Å². The van der Waals surface area contributed by atoms with E-state index in [1.807, 2.05) is 54.6 Å². The fourth-order valence-corrected chi connectivity index (χ4v) is 4.61. The molecule has 0 atom stereocenters. The molecule has 0 radical (unpaired) electrons. The second-order valence-corrected chi connectivity index (χ2v) is 9.87. The van der Waals surface area contributed by atoms with E-state index in [1.165, 1.54) is 0 Å². The highest BCUT2D eigenvalue weighted by molar-refractivity contribution is 7.92. The third kappa shape index (κ3) is 5.81. The van der Waals surface area contributed by atoms with E-state index in [4.69, 9.17) is 11.6 Å².